The van der Waals surface area contributed by atoms with Crippen molar-refractivity contribution in [2.75, 3.05) is 20.1 Å². The summed E-state index contributed by atoms with van der Waals surface area (Å²) in [5.74, 6) is 0. The molecule has 1 aromatic heterocycles. The highest BCUT2D eigenvalue weighted by Gasteiger charge is 2.04. The number of likely N-dealkylation sites (N-methyl/N-ethyl adjacent to an activating group) is 1. The molecule has 1 aromatic rings. The van der Waals surface area contributed by atoms with E-state index in [4.69, 9.17) is 0 Å². The largest absolute Gasteiger partial charge is 0.313 e. The van der Waals surface area contributed by atoms with Gasteiger partial charge in [-0.1, -0.05) is 19.9 Å². The zero-order valence-corrected chi connectivity index (χ0v) is 12.2. The van der Waals surface area contributed by atoms with Crippen molar-refractivity contribution in [2.45, 2.75) is 46.2 Å². The average molecular weight is 249 g/mol. The van der Waals surface area contributed by atoms with Crippen molar-refractivity contribution >= 4 is 0 Å². The minimum Gasteiger partial charge on any atom is -0.313 e. The molecule has 18 heavy (non-hydrogen) atoms. The van der Waals surface area contributed by atoms with Gasteiger partial charge in [0.15, 0.2) is 0 Å². The molecule has 0 unspecified atom stereocenters. The molecule has 0 aliphatic heterocycles. The van der Waals surface area contributed by atoms with Crippen molar-refractivity contribution in [1.82, 2.24) is 15.2 Å². The summed E-state index contributed by atoms with van der Waals surface area (Å²) in [6.07, 6.45) is 2.42. The second-order valence-electron chi connectivity index (χ2n) is 4.98. The standard InChI is InChI=1S/C15H27N3/c1-5-14(6-2)16-10-11-18(4)12-15-9-7-8-13(3)17-15/h7-9,14,16H,5-6,10-12H2,1-4H3. The molecule has 0 aliphatic carbocycles. The monoisotopic (exact) mass is 249 g/mol. The molecule has 0 saturated heterocycles. The minimum absolute atomic E-state index is 0.662. The third-order valence-corrected chi connectivity index (χ3v) is 3.29. The summed E-state index contributed by atoms with van der Waals surface area (Å²) < 4.78 is 0. The number of hydrogen-bond acceptors (Lipinski definition) is 3. The SMILES string of the molecule is CCC(CC)NCCN(C)Cc1cccc(C)n1. The van der Waals surface area contributed by atoms with Crippen LogP contribution in [0.4, 0.5) is 0 Å². The molecule has 0 spiro atoms. The van der Waals surface area contributed by atoms with E-state index in [0.717, 1.165) is 31.0 Å². The summed E-state index contributed by atoms with van der Waals surface area (Å²) in [4.78, 5) is 6.84. The smallest absolute Gasteiger partial charge is 0.0547 e. The highest BCUT2D eigenvalue weighted by Crippen LogP contribution is 2.01. The van der Waals surface area contributed by atoms with Crippen molar-refractivity contribution in [3.63, 3.8) is 0 Å². The molecule has 1 N–H and O–H groups in total. The molecule has 102 valence electrons. The maximum absolute atomic E-state index is 4.53. The molecule has 0 aliphatic rings. The molecule has 0 amide bonds. The van der Waals surface area contributed by atoms with Crippen molar-refractivity contribution in [2.24, 2.45) is 0 Å². The quantitative estimate of drug-likeness (QED) is 0.767. The molecule has 0 atom stereocenters. The van der Waals surface area contributed by atoms with Crippen LogP contribution in [0.2, 0.25) is 0 Å². The molecule has 3 nitrogen and oxygen atoms in total. The minimum atomic E-state index is 0.662. The predicted octanol–water partition coefficient (Wildman–Crippen LogP) is 2.60. The summed E-state index contributed by atoms with van der Waals surface area (Å²) in [5.41, 5.74) is 2.25. The number of hydrogen-bond donors (Lipinski definition) is 1. The van der Waals surface area contributed by atoms with Gasteiger partial charge in [0.25, 0.3) is 0 Å². The van der Waals surface area contributed by atoms with Crippen LogP contribution in [-0.2, 0) is 6.54 Å². The molecule has 0 saturated carbocycles. The Hall–Kier alpha value is -0.930. The Morgan fingerprint density at radius 2 is 2.00 bits per heavy atom. The summed E-state index contributed by atoms with van der Waals surface area (Å²) in [5, 5.41) is 3.59. The Morgan fingerprint density at radius 1 is 1.28 bits per heavy atom. The van der Waals surface area contributed by atoms with Crippen LogP contribution < -0.4 is 5.32 Å². The van der Waals surface area contributed by atoms with Crippen LogP contribution in [0.25, 0.3) is 0 Å². The van der Waals surface area contributed by atoms with Crippen LogP contribution in [0.5, 0.6) is 0 Å². The molecular formula is C15H27N3. The second kappa shape index (κ2) is 8.22. The zero-order chi connectivity index (χ0) is 13.4. The lowest BCUT2D eigenvalue weighted by Crippen LogP contribution is -2.35. The molecule has 1 rings (SSSR count). The van der Waals surface area contributed by atoms with Gasteiger partial charge in [0, 0.05) is 31.4 Å². The van der Waals surface area contributed by atoms with Crippen molar-refractivity contribution in [3.05, 3.63) is 29.6 Å². The maximum atomic E-state index is 4.53. The van der Waals surface area contributed by atoms with E-state index in [9.17, 15) is 0 Å². The van der Waals surface area contributed by atoms with E-state index in [1.54, 1.807) is 0 Å². The molecule has 3 heteroatoms. The highest BCUT2D eigenvalue weighted by molar-refractivity contribution is 5.09. The first kappa shape index (κ1) is 15.1. The summed E-state index contributed by atoms with van der Waals surface area (Å²) in [7, 11) is 2.15. The summed E-state index contributed by atoms with van der Waals surface area (Å²) in [6, 6.07) is 6.87. The van der Waals surface area contributed by atoms with Gasteiger partial charge >= 0.3 is 0 Å². The summed E-state index contributed by atoms with van der Waals surface area (Å²) >= 11 is 0. The Labute approximate surface area is 112 Å². The lowest BCUT2D eigenvalue weighted by Gasteiger charge is -2.19. The van der Waals surface area contributed by atoms with Crippen molar-refractivity contribution in [1.29, 1.82) is 0 Å². The van der Waals surface area contributed by atoms with Crippen molar-refractivity contribution < 1.29 is 0 Å². The zero-order valence-electron chi connectivity index (χ0n) is 12.2. The van der Waals surface area contributed by atoms with Crippen LogP contribution in [0.15, 0.2) is 18.2 Å². The number of nitrogens with zero attached hydrogens (tertiary/aromatic N) is 2. The second-order valence-corrected chi connectivity index (χ2v) is 4.98. The van der Waals surface area contributed by atoms with Crippen LogP contribution >= 0.6 is 0 Å². The van der Waals surface area contributed by atoms with E-state index in [1.807, 2.05) is 13.0 Å². The summed E-state index contributed by atoms with van der Waals surface area (Å²) in [6.45, 7) is 9.55. The van der Waals surface area contributed by atoms with E-state index in [2.05, 4.69) is 48.2 Å². The predicted molar refractivity (Wildman–Crippen MR) is 77.7 cm³/mol. The fourth-order valence-corrected chi connectivity index (χ4v) is 2.08. The van der Waals surface area contributed by atoms with Crippen LogP contribution in [0.3, 0.4) is 0 Å². The first-order valence-corrected chi connectivity index (χ1v) is 7.00. The van der Waals surface area contributed by atoms with Gasteiger partial charge in [0.2, 0.25) is 0 Å². The van der Waals surface area contributed by atoms with E-state index < -0.39 is 0 Å². The molecule has 0 aromatic carbocycles. The number of aryl methyl sites for hydroxylation is 1. The van der Waals surface area contributed by atoms with Gasteiger partial charge < -0.3 is 5.32 Å². The van der Waals surface area contributed by atoms with Crippen LogP contribution in [-0.4, -0.2) is 36.1 Å². The number of nitrogens with one attached hydrogen (secondary N) is 1. The Morgan fingerprint density at radius 3 is 2.61 bits per heavy atom. The van der Waals surface area contributed by atoms with E-state index >= 15 is 0 Å². The highest BCUT2D eigenvalue weighted by atomic mass is 15.1. The van der Waals surface area contributed by atoms with E-state index in [1.165, 1.54) is 12.8 Å². The van der Waals surface area contributed by atoms with Gasteiger partial charge in [-0.2, -0.15) is 0 Å². The number of rotatable bonds is 8. The van der Waals surface area contributed by atoms with Gasteiger partial charge in [-0.05, 0) is 38.9 Å². The lowest BCUT2D eigenvalue weighted by molar-refractivity contribution is 0.310. The van der Waals surface area contributed by atoms with Gasteiger partial charge in [-0.25, -0.2) is 0 Å². The first-order valence-electron chi connectivity index (χ1n) is 7.00. The number of pyridine rings is 1. The third kappa shape index (κ3) is 5.61. The number of aromatic nitrogens is 1. The fourth-order valence-electron chi connectivity index (χ4n) is 2.08. The van der Waals surface area contributed by atoms with Crippen LogP contribution in [0, 0.1) is 6.92 Å². The molecule has 0 bridgehead atoms. The Bertz CT molecular complexity index is 334. The van der Waals surface area contributed by atoms with Gasteiger partial charge in [-0.15, -0.1) is 0 Å². The topological polar surface area (TPSA) is 28.2 Å². The Kier molecular flexibility index (Phi) is 6.91. The third-order valence-electron chi connectivity index (χ3n) is 3.29. The molecule has 0 radical (unpaired) electrons. The normalized spacial score (nSPS) is 11.4. The van der Waals surface area contributed by atoms with Gasteiger partial charge in [-0.3, -0.25) is 9.88 Å². The molecular weight excluding hydrogens is 222 g/mol. The van der Waals surface area contributed by atoms with Gasteiger partial charge in [0.1, 0.15) is 0 Å². The van der Waals surface area contributed by atoms with Crippen LogP contribution in [0.1, 0.15) is 38.1 Å². The molecule has 1 heterocycles. The van der Waals surface area contributed by atoms with Crippen molar-refractivity contribution in [3.8, 4) is 0 Å². The first-order chi connectivity index (χ1) is 8.65. The van der Waals surface area contributed by atoms with Gasteiger partial charge in [0.05, 0.1) is 5.69 Å². The maximum Gasteiger partial charge on any atom is 0.0547 e. The molecule has 0 fully saturated rings. The van der Waals surface area contributed by atoms with E-state index in [-0.39, 0.29) is 0 Å². The Balaban J connectivity index is 2.27. The lowest BCUT2D eigenvalue weighted by atomic mass is 10.2. The fraction of sp³-hybridized carbons (Fsp3) is 0.667. The van der Waals surface area contributed by atoms with E-state index in [0.29, 0.717) is 6.04 Å². The average Bonchev–Trinajstić information content (AvgIpc) is 2.34.